The van der Waals surface area contributed by atoms with Crippen LogP contribution in [0.25, 0.3) is 11.0 Å². The number of ether oxygens (including phenoxy) is 1. The molecule has 0 atom stereocenters. The maximum atomic E-state index is 13.3. The number of hydrogen-bond acceptors (Lipinski definition) is 3. The summed E-state index contributed by atoms with van der Waals surface area (Å²) in [5.74, 6) is 1.15. The van der Waals surface area contributed by atoms with Gasteiger partial charge in [0.1, 0.15) is 11.6 Å². The van der Waals surface area contributed by atoms with E-state index < -0.39 is 0 Å². The molecule has 0 aliphatic heterocycles. The number of rotatable bonds is 8. The van der Waals surface area contributed by atoms with Crippen molar-refractivity contribution < 1.29 is 9.13 Å². The summed E-state index contributed by atoms with van der Waals surface area (Å²) in [4.78, 5) is 6.70. The fraction of sp³-hybridized carbons (Fsp3) is 0.533. The molecule has 4 nitrogen and oxygen atoms in total. The Balaban J connectivity index is 2.18. The molecule has 0 aliphatic rings. The summed E-state index contributed by atoms with van der Waals surface area (Å²) in [7, 11) is 3.75. The lowest BCUT2D eigenvalue weighted by molar-refractivity contribution is 0.159. The van der Waals surface area contributed by atoms with Gasteiger partial charge in [0.15, 0.2) is 0 Å². The van der Waals surface area contributed by atoms with E-state index in [-0.39, 0.29) is 5.82 Å². The number of alkyl halides is 1. The van der Waals surface area contributed by atoms with Gasteiger partial charge in [0.05, 0.1) is 17.6 Å². The number of aromatic nitrogens is 2. The molecule has 2 aromatic rings. The van der Waals surface area contributed by atoms with Crippen molar-refractivity contribution >= 4 is 22.6 Å². The maximum absolute atomic E-state index is 13.3. The average molecular weight is 314 g/mol. The van der Waals surface area contributed by atoms with Gasteiger partial charge in [0.25, 0.3) is 0 Å². The Bertz CT molecular complexity index is 588. The predicted molar refractivity (Wildman–Crippen MR) is 83.5 cm³/mol. The Labute approximate surface area is 129 Å². The molecular formula is C15H21ClFN3O. The van der Waals surface area contributed by atoms with Crippen LogP contribution in [0.15, 0.2) is 18.2 Å². The van der Waals surface area contributed by atoms with Crippen molar-refractivity contribution in [2.75, 3.05) is 39.7 Å². The molecule has 0 N–H and O–H groups in total. The van der Waals surface area contributed by atoms with Crippen LogP contribution < -0.4 is 0 Å². The Hall–Kier alpha value is -1.17. The molecular weight excluding hydrogens is 293 g/mol. The van der Waals surface area contributed by atoms with Crippen LogP contribution >= 0.6 is 11.6 Å². The molecule has 1 aromatic carbocycles. The monoisotopic (exact) mass is 313 g/mol. The zero-order chi connectivity index (χ0) is 15.2. The second-order valence-electron chi connectivity index (χ2n) is 5.05. The van der Waals surface area contributed by atoms with Crippen molar-refractivity contribution in [3.63, 3.8) is 0 Å². The van der Waals surface area contributed by atoms with Crippen LogP contribution in [0.2, 0.25) is 0 Å². The topological polar surface area (TPSA) is 30.3 Å². The number of imidazole rings is 1. The fourth-order valence-corrected chi connectivity index (χ4v) is 2.48. The largest absolute Gasteiger partial charge is 0.383 e. The molecule has 6 heteroatoms. The van der Waals surface area contributed by atoms with Gasteiger partial charge in [-0.15, -0.1) is 11.6 Å². The summed E-state index contributed by atoms with van der Waals surface area (Å²) >= 11 is 5.84. The summed E-state index contributed by atoms with van der Waals surface area (Å²) in [5.41, 5.74) is 1.64. The van der Waals surface area contributed by atoms with E-state index in [0.717, 1.165) is 31.0 Å². The van der Waals surface area contributed by atoms with Crippen LogP contribution in [0, 0.1) is 5.82 Å². The number of methoxy groups -OCH3 is 1. The molecule has 116 valence electrons. The molecule has 0 aliphatic carbocycles. The minimum atomic E-state index is -0.262. The third kappa shape index (κ3) is 4.15. The number of nitrogens with zero attached hydrogens (tertiary/aromatic N) is 3. The van der Waals surface area contributed by atoms with Crippen LogP contribution in [0.4, 0.5) is 4.39 Å². The Morgan fingerprint density at radius 3 is 2.90 bits per heavy atom. The summed E-state index contributed by atoms with van der Waals surface area (Å²) in [6.07, 6.45) is 0.680. The highest BCUT2D eigenvalue weighted by molar-refractivity contribution is 6.17. The number of likely N-dealkylation sites (N-methyl/N-ethyl adjacent to an activating group) is 1. The number of benzene rings is 1. The molecule has 2 rings (SSSR count). The van der Waals surface area contributed by atoms with E-state index in [1.807, 2.05) is 0 Å². The minimum Gasteiger partial charge on any atom is -0.383 e. The average Bonchev–Trinajstić information content (AvgIpc) is 2.79. The Kier molecular flexibility index (Phi) is 5.96. The minimum absolute atomic E-state index is 0.262. The van der Waals surface area contributed by atoms with Crippen LogP contribution in [0.5, 0.6) is 0 Å². The lowest BCUT2D eigenvalue weighted by Crippen LogP contribution is -2.27. The van der Waals surface area contributed by atoms with Crippen molar-refractivity contribution in [2.45, 2.75) is 13.0 Å². The van der Waals surface area contributed by atoms with E-state index in [0.29, 0.717) is 24.4 Å². The highest BCUT2D eigenvalue weighted by Gasteiger charge is 2.11. The van der Waals surface area contributed by atoms with Crippen LogP contribution in [-0.4, -0.2) is 54.2 Å². The van der Waals surface area contributed by atoms with Gasteiger partial charge >= 0.3 is 0 Å². The molecule has 1 heterocycles. The molecule has 0 radical (unpaired) electrons. The third-order valence-electron chi connectivity index (χ3n) is 3.49. The lowest BCUT2D eigenvalue weighted by Gasteiger charge is -2.17. The number of hydrogen-bond donors (Lipinski definition) is 0. The zero-order valence-electron chi connectivity index (χ0n) is 12.5. The van der Waals surface area contributed by atoms with Gasteiger partial charge in [-0.2, -0.15) is 0 Å². The molecule has 0 saturated carbocycles. The van der Waals surface area contributed by atoms with Crippen molar-refractivity contribution in [1.82, 2.24) is 14.5 Å². The number of halogens is 2. The summed E-state index contributed by atoms with van der Waals surface area (Å²) in [6.45, 7) is 3.26. The van der Waals surface area contributed by atoms with Crippen LogP contribution in [-0.2, 0) is 17.7 Å². The number of aryl methyl sites for hydroxylation is 1. The quantitative estimate of drug-likeness (QED) is 0.702. The Morgan fingerprint density at radius 1 is 1.38 bits per heavy atom. The molecule has 0 saturated heterocycles. The third-order valence-corrected chi connectivity index (χ3v) is 3.68. The van der Waals surface area contributed by atoms with Gasteiger partial charge in [0, 0.05) is 45.1 Å². The zero-order valence-corrected chi connectivity index (χ0v) is 13.2. The van der Waals surface area contributed by atoms with Crippen molar-refractivity contribution in [1.29, 1.82) is 0 Å². The van der Waals surface area contributed by atoms with Gasteiger partial charge in [-0.3, -0.25) is 0 Å². The van der Waals surface area contributed by atoms with Crippen LogP contribution in [0.1, 0.15) is 5.82 Å². The second kappa shape index (κ2) is 7.73. The lowest BCUT2D eigenvalue weighted by atomic mass is 10.3. The summed E-state index contributed by atoms with van der Waals surface area (Å²) in [6, 6.07) is 4.72. The Morgan fingerprint density at radius 2 is 2.19 bits per heavy atom. The first kappa shape index (κ1) is 16.2. The van der Waals surface area contributed by atoms with E-state index in [2.05, 4.69) is 21.5 Å². The van der Waals surface area contributed by atoms with Crippen LogP contribution in [0.3, 0.4) is 0 Å². The van der Waals surface area contributed by atoms with E-state index >= 15 is 0 Å². The first-order valence-electron chi connectivity index (χ1n) is 7.04. The normalized spacial score (nSPS) is 11.7. The van der Waals surface area contributed by atoms with E-state index in [9.17, 15) is 4.39 Å². The highest BCUT2D eigenvalue weighted by Crippen LogP contribution is 2.18. The highest BCUT2D eigenvalue weighted by atomic mass is 35.5. The molecule has 1 aromatic heterocycles. The summed E-state index contributed by atoms with van der Waals surface area (Å²) < 4.78 is 20.5. The molecule has 0 amide bonds. The smallest absolute Gasteiger partial charge is 0.125 e. The van der Waals surface area contributed by atoms with Gasteiger partial charge in [-0.1, -0.05) is 0 Å². The van der Waals surface area contributed by atoms with E-state index in [1.54, 1.807) is 13.2 Å². The molecule has 0 fully saturated rings. The van der Waals surface area contributed by atoms with Gasteiger partial charge in [-0.25, -0.2) is 9.37 Å². The van der Waals surface area contributed by atoms with Gasteiger partial charge in [-0.05, 0) is 19.2 Å². The van der Waals surface area contributed by atoms with Crippen molar-refractivity contribution in [3.05, 3.63) is 29.8 Å². The SMILES string of the molecule is COCCN(C)CCn1c(CCCl)nc2cc(F)ccc21. The molecule has 0 spiro atoms. The molecule has 0 bridgehead atoms. The number of fused-ring (bicyclic) bond motifs is 1. The van der Waals surface area contributed by atoms with Crippen molar-refractivity contribution in [3.8, 4) is 0 Å². The standard InChI is InChI=1S/C15H21ClFN3O/c1-19(9-10-21-2)7-8-20-14-4-3-12(17)11-13(14)18-15(20)5-6-16/h3-4,11H,5-10H2,1-2H3. The van der Waals surface area contributed by atoms with E-state index in [4.69, 9.17) is 16.3 Å². The fourth-order valence-electron chi connectivity index (χ4n) is 2.31. The maximum Gasteiger partial charge on any atom is 0.125 e. The predicted octanol–water partition coefficient (Wildman–Crippen LogP) is 2.53. The van der Waals surface area contributed by atoms with Gasteiger partial charge in [0.2, 0.25) is 0 Å². The second-order valence-corrected chi connectivity index (χ2v) is 5.43. The first-order chi connectivity index (χ1) is 10.2. The van der Waals surface area contributed by atoms with E-state index in [1.165, 1.54) is 12.1 Å². The molecule has 0 unspecified atom stereocenters. The first-order valence-corrected chi connectivity index (χ1v) is 7.57. The summed E-state index contributed by atoms with van der Waals surface area (Å²) in [5, 5.41) is 0. The molecule has 21 heavy (non-hydrogen) atoms. The van der Waals surface area contributed by atoms with Gasteiger partial charge < -0.3 is 14.2 Å². The van der Waals surface area contributed by atoms with Crippen molar-refractivity contribution in [2.24, 2.45) is 0 Å².